The molecular formula is C15H18N2O2. The van der Waals surface area contributed by atoms with Gasteiger partial charge in [-0.1, -0.05) is 17.9 Å². The minimum Gasteiger partial charge on any atom is -0.384 e. The molecule has 0 aromatic carbocycles. The lowest BCUT2D eigenvalue weighted by Gasteiger charge is -2.42. The van der Waals surface area contributed by atoms with Gasteiger partial charge in [-0.25, -0.2) is 0 Å². The van der Waals surface area contributed by atoms with Crippen LogP contribution in [0, 0.1) is 17.8 Å². The van der Waals surface area contributed by atoms with Crippen molar-refractivity contribution >= 4 is 0 Å². The Hall–Kier alpha value is -1.57. The van der Waals surface area contributed by atoms with E-state index in [9.17, 15) is 4.79 Å². The lowest BCUT2D eigenvalue weighted by atomic mass is 9.83. The number of pyridine rings is 1. The van der Waals surface area contributed by atoms with Crippen molar-refractivity contribution in [2.24, 2.45) is 5.92 Å². The van der Waals surface area contributed by atoms with Gasteiger partial charge in [0.2, 0.25) is 0 Å². The number of nitrogens with zero attached hydrogens (tertiary/aromatic N) is 2. The summed E-state index contributed by atoms with van der Waals surface area (Å²) in [4.78, 5) is 14.2. The second kappa shape index (κ2) is 5.20. The van der Waals surface area contributed by atoms with Gasteiger partial charge in [-0.15, -0.1) is 0 Å². The highest BCUT2D eigenvalue weighted by Gasteiger charge is 2.33. The Morgan fingerprint density at radius 3 is 3.00 bits per heavy atom. The van der Waals surface area contributed by atoms with E-state index < -0.39 is 0 Å². The smallest absolute Gasteiger partial charge is 0.250 e. The molecule has 2 bridgehead atoms. The van der Waals surface area contributed by atoms with Crippen molar-refractivity contribution in [3.63, 3.8) is 0 Å². The van der Waals surface area contributed by atoms with Crippen LogP contribution in [0.15, 0.2) is 23.0 Å². The Bertz CT molecular complexity index is 582. The van der Waals surface area contributed by atoms with E-state index in [1.807, 2.05) is 10.6 Å². The summed E-state index contributed by atoms with van der Waals surface area (Å²) in [5.41, 5.74) is 1.30. The molecule has 100 valence electrons. The number of aliphatic hydroxyl groups is 1. The number of hydrogen-bond acceptors (Lipinski definition) is 3. The molecule has 1 fully saturated rings. The van der Waals surface area contributed by atoms with Crippen molar-refractivity contribution in [1.82, 2.24) is 9.47 Å². The van der Waals surface area contributed by atoms with Crippen LogP contribution in [0.4, 0.5) is 0 Å². The molecular weight excluding hydrogens is 240 g/mol. The predicted molar refractivity (Wildman–Crippen MR) is 72.9 cm³/mol. The molecule has 1 saturated heterocycles. The van der Waals surface area contributed by atoms with Gasteiger partial charge < -0.3 is 9.67 Å². The monoisotopic (exact) mass is 258 g/mol. The van der Waals surface area contributed by atoms with Gasteiger partial charge in [-0.05, 0) is 18.4 Å². The molecule has 0 spiro atoms. The lowest BCUT2D eigenvalue weighted by molar-refractivity contribution is 0.133. The van der Waals surface area contributed by atoms with E-state index in [1.54, 1.807) is 6.07 Å². The Labute approximate surface area is 112 Å². The summed E-state index contributed by atoms with van der Waals surface area (Å²) in [6.45, 7) is 3.43. The molecule has 2 aliphatic rings. The van der Waals surface area contributed by atoms with Crippen molar-refractivity contribution in [1.29, 1.82) is 0 Å². The molecule has 2 aliphatic heterocycles. The molecule has 2 atom stereocenters. The molecule has 0 unspecified atom stereocenters. The summed E-state index contributed by atoms with van der Waals surface area (Å²) in [5.74, 6) is 6.67. The number of likely N-dealkylation sites (tertiary alicyclic amines) is 1. The molecule has 0 aliphatic carbocycles. The van der Waals surface area contributed by atoms with Crippen LogP contribution in [0.3, 0.4) is 0 Å². The van der Waals surface area contributed by atoms with Gasteiger partial charge in [0.05, 0.1) is 6.54 Å². The number of piperidine rings is 1. The quantitative estimate of drug-likeness (QED) is 0.735. The highest BCUT2D eigenvalue weighted by atomic mass is 16.2. The van der Waals surface area contributed by atoms with Crippen molar-refractivity contribution in [3.8, 4) is 11.8 Å². The second-order valence-corrected chi connectivity index (χ2v) is 5.40. The van der Waals surface area contributed by atoms with Gasteiger partial charge in [-0.2, -0.15) is 0 Å². The van der Waals surface area contributed by atoms with Crippen LogP contribution in [-0.4, -0.2) is 40.8 Å². The molecule has 1 aromatic heterocycles. The maximum atomic E-state index is 11.9. The van der Waals surface area contributed by atoms with E-state index in [1.165, 1.54) is 12.1 Å². The molecule has 4 nitrogen and oxygen atoms in total. The van der Waals surface area contributed by atoms with E-state index in [0.717, 1.165) is 19.6 Å². The first kappa shape index (κ1) is 12.5. The number of aliphatic hydroxyl groups excluding tert-OH is 1. The van der Waals surface area contributed by atoms with Crippen molar-refractivity contribution in [2.45, 2.75) is 18.9 Å². The first-order valence-electron chi connectivity index (χ1n) is 6.76. The highest BCUT2D eigenvalue weighted by molar-refractivity contribution is 5.17. The topological polar surface area (TPSA) is 45.5 Å². The average Bonchev–Trinajstić information content (AvgIpc) is 2.40. The fourth-order valence-electron chi connectivity index (χ4n) is 3.35. The molecule has 1 aromatic rings. The minimum absolute atomic E-state index is 0.0705. The number of hydrogen-bond donors (Lipinski definition) is 1. The zero-order valence-corrected chi connectivity index (χ0v) is 10.9. The fourth-order valence-corrected chi connectivity index (χ4v) is 3.35. The molecule has 0 radical (unpaired) electrons. The van der Waals surface area contributed by atoms with E-state index in [0.29, 0.717) is 18.4 Å². The van der Waals surface area contributed by atoms with Crippen LogP contribution in [0.5, 0.6) is 0 Å². The molecule has 3 heterocycles. The number of rotatable bonds is 1. The Morgan fingerprint density at radius 2 is 2.16 bits per heavy atom. The Morgan fingerprint density at radius 1 is 1.26 bits per heavy atom. The van der Waals surface area contributed by atoms with Gasteiger partial charge in [0.25, 0.3) is 5.56 Å². The van der Waals surface area contributed by atoms with Gasteiger partial charge in [0.15, 0.2) is 0 Å². The largest absolute Gasteiger partial charge is 0.384 e. The Balaban J connectivity index is 1.82. The normalized spacial score (nSPS) is 25.3. The third kappa shape index (κ3) is 2.44. The van der Waals surface area contributed by atoms with E-state index in [-0.39, 0.29) is 12.2 Å². The summed E-state index contributed by atoms with van der Waals surface area (Å²) >= 11 is 0. The zero-order chi connectivity index (χ0) is 13.2. The van der Waals surface area contributed by atoms with Crippen molar-refractivity contribution in [2.75, 3.05) is 26.2 Å². The number of fused-ring (bicyclic) bond motifs is 4. The van der Waals surface area contributed by atoms with Crippen LogP contribution in [-0.2, 0) is 6.54 Å². The van der Waals surface area contributed by atoms with Gasteiger partial charge in [0.1, 0.15) is 6.61 Å². The summed E-state index contributed by atoms with van der Waals surface area (Å²) < 4.78 is 1.94. The third-order valence-corrected chi connectivity index (χ3v) is 4.06. The molecule has 1 N–H and O–H groups in total. The van der Waals surface area contributed by atoms with Gasteiger partial charge in [0, 0.05) is 37.3 Å². The highest BCUT2D eigenvalue weighted by Crippen LogP contribution is 2.34. The maximum absolute atomic E-state index is 11.9. The minimum atomic E-state index is -0.0705. The summed E-state index contributed by atoms with van der Waals surface area (Å²) in [7, 11) is 0. The van der Waals surface area contributed by atoms with Crippen LogP contribution in [0.25, 0.3) is 0 Å². The molecule has 0 saturated carbocycles. The SMILES string of the molecule is O=c1cccc2n1C[C@@H]1C[C@H]2CN(CC#CCO)C1. The van der Waals surface area contributed by atoms with Crippen LogP contribution >= 0.6 is 0 Å². The number of aromatic nitrogens is 1. The first-order chi connectivity index (χ1) is 9.28. The lowest BCUT2D eigenvalue weighted by Crippen LogP contribution is -2.47. The average molecular weight is 258 g/mol. The zero-order valence-electron chi connectivity index (χ0n) is 10.9. The summed E-state index contributed by atoms with van der Waals surface area (Å²) in [5, 5.41) is 8.69. The molecule has 3 rings (SSSR count). The standard InChI is InChI=1S/C15H18N2O2/c18-7-2-1-6-16-9-12-8-13(11-16)14-4-3-5-15(19)17(14)10-12/h3-5,12-13,18H,6-11H2/t12-,13+/m1/s1. The second-order valence-electron chi connectivity index (χ2n) is 5.40. The van der Waals surface area contributed by atoms with E-state index in [4.69, 9.17) is 5.11 Å². The van der Waals surface area contributed by atoms with Gasteiger partial charge in [-0.3, -0.25) is 9.69 Å². The molecule has 4 heteroatoms. The molecule has 19 heavy (non-hydrogen) atoms. The van der Waals surface area contributed by atoms with Gasteiger partial charge >= 0.3 is 0 Å². The first-order valence-corrected chi connectivity index (χ1v) is 6.76. The third-order valence-electron chi connectivity index (χ3n) is 4.06. The summed E-state index contributed by atoms with van der Waals surface area (Å²) in [6, 6.07) is 5.58. The maximum Gasteiger partial charge on any atom is 0.250 e. The van der Waals surface area contributed by atoms with Crippen LogP contribution in [0.2, 0.25) is 0 Å². The van der Waals surface area contributed by atoms with E-state index in [2.05, 4.69) is 22.8 Å². The Kier molecular flexibility index (Phi) is 3.41. The molecule has 0 amide bonds. The van der Waals surface area contributed by atoms with Crippen molar-refractivity contribution < 1.29 is 5.11 Å². The van der Waals surface area contributed by atoms with Crippen LogP contribution in [0.1, 0.15) is 18.0 Å². The fraction of sp³-hybridized carbons (Fsp3) is 0.533. The van der Waals surface area contributed by atoms with Crippen LogP contribution < -0.4 is 5.56 Å². The summed E-state index contributed by atoms with van der Waals surface area (Å²) in [6.07, 6.45) is 1.17. The van der Waals surface area contributed by atoms with E-state index >= 15 is 0 Å². The van der Waals surface area contributed by atoms with Crippen molar-refractivity contribution in [3.05, 3.63) is 34.2 Å². The predicted octanol–water partition coefficient (Wildman–Crippen LogP) is 0.263.